The highest BCUT2D eigenvalue weighted by molar-refractivity contribution is 14.1. The molecule has 0 saturated carbocycles. The predicted octanol–water partition coefficient (Wildman–Crippen LogP) is 2.68. The number of aliphatic imine (C=N–C) groups is 1. The summed E-state index contributed by atoms with van der Waals surface area (Å²) >= 11 is 1.91. The Labute approximate surface area is 106 Å². The number of amides is 1. The van der Waals surface area contributed by atoms with Crippen LogP contribution in [0, 0.1) is 5.82 Å². The monoisotopic (exact) mass is 336 g/mol. The Bertz CT molecular complexity index is 404. The summed E-state index contributed by atoms with van der Waals surface area (Å²) in [7, 11) is 3.52. The number of hydrogen-bond donors (Lipinski definition) is 0. The molecular formula is C10H10FIN2O2. The van der Waals surface area contributed by atoms with Crippen LogP contribution in [0.2, 0.25) is 0 Å². The molecule has 0 unspecified atom stereocenters. The third-order valence-corrected chi connectivity index (χ3v) is 2.78. The summed E-state index contributed by atoms with van der Waals surface area (Å²) < 4.78 is 17.9. The number of carbonyl (C=O) groups is 1. The predicted molar refractivity (Wildman–Crippen MR) is 67.6 cm³/mol. The van der Waals surface area contributed by atoms with Crippen molar-refractivity contribution in [3.63, 3.8) is 0 Å². The van der Waals surface area contributed by atoms with E-state index in [-0.39, 0.29) is 11.6 Å². The van der Waals surface area contributed by atoms with E-state index in [1.54, 1.807) is 19.0 Å². The van der Waals surface area contributed by atoms with E-state index in [1.807, 2.05) is 22.6 Å². The van der Waals surface area contributed by atoms with Gasteiger partial charge in [0.05, 0.1) is 0 Å². The molecule has 0 radical (unpaired) electrons. The van der Waals surface area contributed by atoms with Crippen LogP contribution in [0.3, 0.4) is 0 Å². The zero-order valence-electron chi connectivity index (χ0n) is 8.78. The molecule has 0 bridgehead atoms. The van der Waals surface area contributed by atoms with Gasteiger partial charge in [0, 0.05) is 14.1 Å². The number of benzene rings is 1. The summed E-state index contributed by atoms with van der Waals surface area (Å²) in [6.07, 6.45) is -0.732. The highest BCUT2D eigenvalue weighted by atomic mass is 127. The van der Waals surface area contributed by atoms with Crippen molar-refractivity contribution in [1.29, 1.82) is 0 Å². The highest BCUT2D eigenvalue weighted by Gasteiger charge is 2.05. The summed E-state index contributed by atoms with van der Waals surface area (Å²) in [6, 6.07) is 5.16. The second-order valence-corrected chi connectivity index (χ2v) is 4.06. The van der Waals surface area contributed by atoms with Crippen LogP contribution in [0.4, 0.5) is 9.18 Å². The van der Waals surface area contributed by atoms with Gasteiger partial charge in [-0.25, -0.2) is 9.18 Å². The standard InChI is InChI=1S/C10H10FIN2O2/c1-14(2)9(12)13-10(15)16-8-5-3-7(11)4-6-8/h3-6H,1-2H3/b13-9-. The van der Waals surface area contributed by atoms with Gasteiger partial charge in [0.25, 0.3) is 0 Å². The van der Waals surface area contributed by atoms with Crippen LogP contribution in [0.15, 0.2) is 29.3 Å². The lowest BCUT2D eigenvalue weighted by atomic mass is 10.3. The second-order valence-electron chi connectivity index (χ2n) is 3.10. The van der Waals surface area contributed by atoms with Crippen LogP contribution < -0.4 is 4.74 Å². The molecule has 0 fully saturated rings. The van der Waals surface area contributed by atoms with Crippen LogP contribution >= 0.6 is 22.6 Å². The minimum absolute atomic E-state index is 0.262. The van der Waals surface area contributed by atoms with Gasteiger partial charge in [-0.1, -0.05) is 0 Å². The number of carbonyl (C=O) groups excluding carboxylic acids is 1. The molecule has 0 N–H and O–H groups in total. The van der Waals surface area contributed by atoms with Crippen LogP contribution in [-0.4, -0.2) is 28.9 Å². The zero-order chi connectivity index (χ0) is 12.1. The molecule has 1 rings (SSSR count). The number of nitrogens with zero attached hydrogens (tertiary/aromatic N) is 2. The molecule has 1 aromatic rings. The average Bonchev–Trinajstić information content (AvgIpc) is 2.21. The molecule has 0 spiro atoms. The van der Waals surface area contributed by atoms with Gasteiger partial charge in [0.1, 0.15) is 11.6 Å². The van der Waals surface area contributed by atoms with Gasteiger partial charge < -0.3 is 9.64 Å². The van der Waals surface area contributed by atoms with Crippen molar-refractivity contribution in [3.05, 3.63) is 30.1 Å². The summed E-state index contributed by atoms with van der Waals surface area (Å²) in [4.78, 5) is 16.6. The first-order valence-corrected chi connectivity index (χ1v) is 5.46. The van der Waals surface area contributed by atoms with Crippen molar-refractivity contribution in [1.82, 2.24) is 4.90 Å². The van der Waals surface area contributed by atoms with Crippen molar-refractivity contribution in [2.24, 2.45) is 4.99 Å². The Hall–Kier alpha value is -1.18. The Balaban J connectivity index is 2.65. The number of hydrogen-bond acceptors (Lipinski definition) is 2. The highest BCUT2D eigenvalue weighted by Crippen LogP contribution is 2.12. The third-order valence-electron chi connectivity index (χ3n) is 1.57. The number of amidine groups is 1. The van der Waals surface area contributed by atoms with E-state index >= 15 is 0 Å². The van der Waals surface area contributed by atoms with E-state index in [1.165, 1.54) is 24.3 Å². The molecule has 1 amide bonds. The van der Waals surface area contributed by atoms with Crippen molar-refractivity contribution in [2.75, 3.05) is 14.1 Å². The Morgan fingerprint density at radius 2 is 1.94 bits per heavy atom. The van der Waals surface area contributed by atoms with Crippen molar-refractivity contribution < 1.29 is 13.9 Å². The minimum atomic E-state index is -0.732. The lowest BCUT2D eigenvalue weighted by molar-refractivity contribution is 0.211. The maximum atomic E-state index is 12.6. The SMILES string of the molecule is CN(C)/C(I)=N\C(=O)Oc1ccc(F)cc1. The largest absolute Gasteiger partial charge is 0.441 e. The van der Waals surface area contributed by atoms with Crippen LogP contribution in [-0.2, 0) is 0 Å². The summed E-state index contributed by atoms with van der Waals surface area (Å²) in [5.74, 6) is -0.121. The molecule has 0 aliphatic heterocycles. The van der Waals surface area contributed by atoms with Gasteiger partial charge >= 0.3 is 6.09 Å². The van der Waals surface area contributed by atoms with Crippen LogP contribution in [0.1, 0.15) is 0 Å². The number of rotatable bonds is 1. The lowest BCUT2D eigenvalue weighted by Crippen LogP contribution is -2.18. The van der Waals surface area contributed by atoms with Crippen molar-refractivity contribution >= 4 is 32.5 Å². The van der Waals surface area contributed by atoms with E-state index in [4.69, 9.17) is 4.74 Å². The maximum absolute atomic E-state index is 12.6. The molecule has 0 aliphatic carbocycles. The average molecular weight is 336 g/mol. The van der Waals surface area contributed by atoms with Gasteiger partial charge in [-0.2, -0.15) is 4.99 Å². The topological polar surface area (TPSA) is 41.9 Å². The third kappa shape index (κ3) is 4.13. The quantitative estimate of drug-likeness (QED) is 0.343. The van der Waals surface area contributed by atoms with E-state index < -0.39 is 6.09 Å². The zero-order valence-corrected chi connectivity index (χ0v) is 10.9. The first-order chi connectivity index (χ1) is 7.49. The van der Waals surface area contributed by atoms with Gasteiger partial charge in [-0.3, -0.25) is 0 Å². The Kier molecular flexibility index (Phi) is 4.66. The summed E-state index contributed by atoms with van der Waals surface area (Å²) in [5.41, 5.74) is 0. The van der Waals surface area contributed by atoms with Crippen LogP contribution in [0.25, 0.3) is 0 Å². The molecule has 0 aliphatic rings. The second kappa shape index (κ2) is 5.78. The molecule has 16 heavy (non-hydrogen) atoms. The minimum Gasteiger partial charge on any atom is -0.409 e. The smallest absolute Gasteiger partial charge is 0.409 e. The number of halogens is 2. The molecular weight excluding hydrogens is 326 g/mol. The van der Waals surface area contributed by atoms with Crippen LogP contribution in [0.5, 0.6) is 5.75 Å². The molecule has 0 atom stereocenters. The summed E-state index contributed by atoms with van der Waals surface area (Å²) in [6.45, 7) is 0. The van der Waals surface area contributed by atoms with E-state index in [2.05, 4.69) is 4.99 Å². The number of ether oxygens (including phenoxy) is 1. The summed E-state index contributed by atoms with van der Waals surface area (Å²) in [5, 5.41) is 0. The van der Waals surface area contributed by atoms with E-state index in [9.17, 15) is 9.18 Å². The fourth-order valence-corrected chi connectivity index (χ4v) is 0.999. The van der Waals surface area contributed by atoms with Gasteiger partial charge in [-0.05, 0) is 46.9 Å². The lowest BCUT2D eigenvalue weighted by Gasteiger charge is -2.08. The molecule has 4 nitrogen and oxygen atoms in total. The van der Waals surface area contributed by atoms with Gasteiger partial charge in [-0.15, -0.1) is 0 Å². The normalized spacial score (nSPS) is 11.1. The van der Waals surface area contributed by atoms with E-state index in [0.29, 0.717) is 3.84 Å². The van der Waals surface area contributed by atoms with Crippen molar-refractivity contribution in [3.8, 4) is 5.75 Å². The van der Waals surface area contributed by atoms with Gasteiger partial charge in [0.2, 0.25) is 0 Å². The molecule has 0 heterocycles. The first kappa shape index (κ1) is 12.9. The Morgan fingerprint density at radius 3 is 2.44 bits per heavy atom. The molecule has 6 heteroatoms. The fraction of sp³-hybridized carbons (Fsp3) is 0.200. The van der Waals surface area contributed by atoms with Gasteiger partial charge in [0.15, 0.2) is 3.84 Å². The molecule has 0 saturated heterocycles. The first-order valence-electron chi connectivity index (χ1n) is 4.38. The molecule has 1 aromatic carbocycles. The molecule has 0 aromatic heterocycles. The van der Waals surface area contributed by atoms with E-state index in [0.717, 1.165) is 0 Å². The maximum Gasteiger partial charge on any atom is 0.441 e. The fourth-order valence-electron chi connectivity index (χ4n) is 0.802. The van der Waals surface area contributed by atoms with Crippen molar-refractivity contribution in [2.45, 2.75) is 0 Å². The Morgan fingerprint density at radius 1 is 1.38 bits per heavy atom. The molecule has 86 valence electrons.